The molecule has 0 N–H and O–H groups in total. The van der Waals surface area contributed by atoms with Crippen molar-refractivity contribution in [2.75, 3.05) is 11.4 Å². The van der Waals surface area contributed by atoms with E-state index in [0.717, 1.165) is 22.4 Å². The third-order valence-electron chi connectivity index (χ3n) is 4.93. The summed E-state index contributed by atoms with van der Waals surface area (Å²) in [4.78, 5) is 32.8. The van der Waals surface area contributed by atoms with E-state index in [-0.39, 0.29) is 11.5 Å². The molecule has 1 aliphatic heterocycles. The minimum absolute atomic E-state index is 0.202. The summed E-state index contributed by atoms with van der Waals surface area (Å²) in [6.45, 7) is 6.12. The molecule has 7 heteroatoms. The van der Waals surface area contributed by atoms with Crippen molar-refractivity contribution in [1.29, 1.82) is 0 Å². The SMILES string of the molecule is C=CCN1C(=O)/C(=c2\sc3nc(-c4ccc(C)cc4)nn3c2=O)c2ccccc21. The van der Waals surface area contributed by atoms with Gasteiger partial charge >= 0.3 is 0 Å². The summed E-state index contributed by atoms with van der Waals surface area (Å²) in [5.41, 5.74) is 3.60. The topological polar surface area (TPSA) is 67.6 Å². The summed E-state index contributed by atoms with van der Waals surface area (Å²) in [5, 5.41) is 4.39. The zero-order valence-corrected chi connectivity index (χ0v) is 16.4. The number of hydrogen-bond donors (Lipinski definition) is 0. The standard InChI is InChI=1S/C22H16N4O2S/c1-3-12-25-16-7-5-4-6-15(16)17(20(25)27)18-21(28)26-22(29-18)23-19(24-26)14-10-8-13(2)9-11-14/h3-11H,1,12H2,2H3/b18-17-. The highest BCUT2D eigenvalue weighted by Gasteiger charge is 2.33. The summed E-state index contributed by atoms with van der Waals surface area (Å²) < 4.78 is 1.65. The van der Waals surface area contributed by atoms with Crippen LogP contribution < -0.4 is 15.0 Å². The molecule has 1 aliphatic rings. The highest BCUT2D eigenvalue weighted by molar-refractivity contribution is 7.15. The average Bonchev–Trinajstić information content (AvgIpc) is 3.35. The highest BCUT2D eigenvalue weighted by atomic mass is 32.1. The molecule has 0 bridgehead atoms. The van der Waals surface area contributed by atoms with Crippen LogP contribution in [-0.2, 0) is 4.79 Å². The van der Waals surface area contributed by atoms with E-state index in [1.807, 2.05) is 55.5 Å². The molecule has 0 aliphatic carbocycles. The number of thiazole rings is 1. The summed E-state index contributed by atoms with van der Waals surface area (Å²) in [7, 11) is 0. The van der Waals surface area contributed by atoms with E-state index in [9.17, 15) is 9.59 Å². The zero-order valence-electron chi connectivity index (χ0n) is 15.6. The Balaban J connectivity index is 1.72. The van der Waals surface area contributed by atoms with Crippen LogP contribution in [0.15, 0.2) is 66.0 Å². The summed E-state index contributed by atoms with van der Waals surface area (Å²) >= 11 is 1.19. The van der Waals surface area contributed by atoms with Gasteiger partial charge in [0, 0.05) is 17.7 Å². The molecule has 0 spiro atoms. The lowest BCUT2D eigenvalue weighted by Crippen LogP contribution is -2.32. The first-order valence-corrected chi connectivity index (χ1v) is 9.93. The van der Waals surface area contributed by atoms with Gasteiger partial charge in [-0.3, -0.25) is 9.59 Å². The van der Waals surface area contributed by atoms with Gasteiger partial charge in [0.25, 0.3) is 11.5 Å². The third-order valence-corrected chi connectivity index (χ3v) is 5.96. The molecule has 0 saturated heterocycles. The first kappa shape index (κ1) is 17.5. The number of para-hydroxylation sites is 1. The van der Waals surface area contributed by atoms with Crippen molar-refractivity contribution in [3.8, 4) is 11.4 Å². The molecule has 142 valence electrons. The number of benzene rings is 2. The fraction of sp³-hybridized carbons (Fsp3) is 0.0909. The van der Waals surface area contributed by atoms with Crippen LogP contribution >= 0.6 is 11.3 Å². The summed E-state index contributed by atoms with van der Waals surface area (Å²) in [5.74, 6) is 0.294. The third kappa shape index (κ3) is 2.62. The second-order valence-corrected chi connectivity index (χ2v) is 7.81. The van der Waals surface area contributed by atoms with E-state index in [4.69, 9.17) is 0 Å². The number of nitrogens with zero attached hydrogens (tertiary/aromatic N) is 4. The maximum absolute atomic E-state index is 13.1. The quantitative estimate of drug-likeness (QED) is 0.496. The minimum Gasteiger partial charge on any atom is -0.304 e. The van der Waals surface area contributed by atoms with Crippen LogP contribution in [-0.4, -0.2) is 27.0 Å². The van der Waals surface area contributed by atoms with E-state index >= 15 is 0 Å². The molecule has 0 radical (unpaired) electrons. The van der Waals surface area contributed by atoms with Crippen molar-refractivity contribution in [1.82, 2.24) is 14.6 Å². The van der Waals surface area contributed by atoms with Gasteiger partial charge in [0.05, 0.1) is 11.3 Å². The molecule has 0 atom stereocenters. The van der Waals surface area contributed by atoms with Crippen LogP contribution in [0.5, 0.6) is 0 Å². The van der Waals surface area contributed by atoms with Gasteiger partial charge < -0.3 is 4.90 Å². The van der Waals surface area contributed by atoms with Crippen LogP contribution in [0.4, 0.5) is 5.69 Å². The number of fused-ring (bicyclic) bond motifs is 2. The van der Waals surface area contributed by atoms with Crippen molar-refractivity contribution in [3.05, 3.63) is 87.2 Å². The van der Waals surface area contributed by atoms with Gasteiger partial charge in [0.1, 0.15) is 4.53 Å². The van der Waals surface area contributed by atoms with Crippen LogP contribution in [0.1, 0.15) is 11.1 Å². The first-order valence-electron chi connectivity index (χ1n) is 9.11. The van der Waals surface area contributed by atoms with E-state index in [1.54, 1.807) is 11.0 Å². The molecular formula is C22H16N4O2S. The normalized spacial score (nSPS) is 15.2. The number of aromatic nitrogens is 3. The molecule has 2 aromatic heterocycles. The Morgan fingerprint density at radius 2 is 1.86 bits per heavy atom. The number of aryl methyl sites for hydroxylation is 1. The minimum atomic E-state index is -0.325. The number of amides is 1. The van der Waals surface area contributed by atoms with Gasteiger partial charge in [0.2, 0.25) is 4.96 Å². The van der Waals surface area contributed by atoms with Gasteiger partial charge in [-0.25, -0.2) is 0 Å². The van der Waals surface area contributed by atoms with E-state index < -0.39 is 0 Å². The second kappa shape index (κ2) is 6.49. The maximum atomic E-state index is 13.1. The lowest BCUT2D eigenvalue weighted by atomic mass is 10.1. The van der Waals surface area contributed by atoms with Crippen molar-refractivity contribution >= 4 is 33.5 Å². The van der Waals surface area contributed by atoms with Crippen molar-refractivity contribution in [2.45, 2.75) is 6.92 Å². The van der Waals surface area contributed by atoms with Gasteiger partial charge in [-0.1, -0.05) is 65.4 Å². The fourth-order valence-corrected chi connectivity index (χ4v) is 4.52. The lowest BCUT2D eigenvalue weighted by molar-refractivity contribution is -0.112. The highest BCUT2D eigenvalue weighted by Crippen LogP contribution is 2.35. The largest absolute Gasteiger partial charge is 0.304 e. The molecule has 1 amide bonds. The van der Waals surface area contributed by atoms with E-state index in [2.05, 4.69) is 16.7 Å². The van der Waals surface area contributed by atoms with Crippen molar-refractivity contribution in [3.63, 3.8) is 0 Å². The molecule has 2 aromatic carbocycles. The zero-order chi connectivity index (χ0) is 20.1. The molecule has 5 rings (SSSR count). The molecule has 6 nitrogen and oxygen atoms in total. The van der Waals surface area contributed by atoms with Gasteiger partial charge in [-0.2, -0.15) is 9.50 Å². The Morgan fingerprint density at radius 1 is 1.10 bits per heavy atom. The molecule has 3 heterocycles. The monoisotopic (exact) mass is 400 g/mol. The van der Waals surface area contributed by atoms with Crippen LogP contribution in [0.25, 0.3) is 21.9 Å². The molecular weight excluding hydrogens is 384 g/mol. The number of hydrogen-bond acceptors (Lipinski definition) is 5. The number of carbonyl (C=O) groups excluding carboxylic acids is 1. The smallest absolute Gasteiger partial charge is 0.291 e. The van der Waals surface area contributed by atoms with Crippen molar-refractivity contribution in [2.24, 2.45) is 0 Å². The van der Waals surface area contributed by atoms with Crippen molar-refractivity contribution < 1.29 is 4.79 Å². The molecule has 0 fully saturated rings. The number of rotatable bonds is 3. The Bertz CT molecular complexity index is 1400. The average molecular weight is 400 g/mol. The first-order chi connectivity index (χ1) is 14.1. The van der Waals surface area contributed by atoms with E-state index in [0.29, 0.717) is 27.4 Å². The predicted molar refractivity (Wildman–Crippen MR) is 114 cm³/mol. The van der Waals surface area contributed by atoms with Crippen LogP contribution in [0.3, 0.4) is 0 Å². The number of carbonyl (C=O) groups is 1. The summed E-state index contributed by atoms with van der Waals surface area (Å²) in [6, 6.07) is 15.3. The number of anilines is 1. The van der Waals surface area contributed by atoms with Crippen LogP contribution in [0.2, 0.25) is 0 Å². The van der Waals surface area contributed by atoms with Crippen LogP contribution in [0, 0.1) is 6.92 Å². The second-order valence-electron chi connectivity index (χ2n) is 6.83. The van der Waals surface area contributed by atoms with E-state index in [1.165, 1.54) is 15.9 Å². The summed E-state index contributed by atoms with van der Waals surface area (Å²) in [6.07, 6.45) is 1.67. The Labute approximate surface area is 170 Å². The Kier molecular flexibility index (Phi) is 3.92. The molecule has 4 aromatic rings. The molecule has 0 saturated carbocycles. The maximum Gasteiger partial charge on any atom is 0.291 e. The Morgan fingerprint density at radius 3 is 2.59 bits per heavy atom. The van der Waals surface area contributed by atoms with Gasteiger partial charge in [0.15, 0.2) is 5.82 Å². The lowest BCUT2D eigenvalue weighted by Gasteiger charge is -2.13. The molecule has 0 unspecified atom stereocenters. The Hall–Kier alpha value is -3.58. The fourth-order valence-electron chi connectivity index (χ4n) is 3.52. The van der Waals surface area contributed by atoms with Gasteiger partial charge in [-0.05, 0) is 13.0 Å². The molecule has 29 heavy (non-hydrogen) atoms. The predicted octanol–water partition coefficient (Wildman–Crippen LogP) is 2.58. The van der Waals surface area contributed by atoms with Gasteiger partial charge in [-0.15, -0.1) is 11.7 Å².